The highest BCUT2D eigenvalue weighted by atomic mass is 32.2. The molecule has 2 aromatic rings. The molecule has 2 aromatic heterocycles. The molecule has 2 rings (SSSR count). The molecule has 0 amide bonds. The van der Waals surface area contributed by atoms with Crippen LogP contribution in [0.15, 0.2) is 5.16 Å². The van der Waals surface area contributed by atoms with E-state index in [1.54, 1.807) is 4.52 Å². The molecule has 0 saturated carbocycles. The van der Waals surface area contributed by atoms with Crippen LogP contribution < -0.4 is 5.73 Å². The SMILES string of the molecule is CSc1nnc2c(N)c(C)[nH]n12. The van der Waals surface area contributed by atoms with Gasteiger partial charge in [0.2, 0.25) is 10.8 Å². The zero-order chi connectivity index (χ0) is 8.72. The molecule has 0 fully saturated rings. The van der Waals surface area contributed by atoms with Crippen molar-refractivity contribution in [2.75, 3.05) is 12.0 Å². The fraction of sp³-hybridized carbons (Fsp3) is 0.333. The largest absolute Gasteiger partial charge is 0.394 e. The van der Waals surface area contributed by atoms with Crippen LogP contribution in [0, 0.1) is 6.92 Å². The van der Waals surface area contributed by atoms with Crippen molar-refractivity contribution in [3.63, 3.8) is 0 Å². The predicted octanol–water partition coefficient (Wildman–Crippen LogP) is 0.670. The summed E-state index contributed by atoms with van der Waals surface area (Å²) >= 11 is 1.53. The summed E-state index contributed by atoms with van der Waals surface area (Å²) in [6.07, 6.45) is 1.95. The summed E-state index contributed by atoms with van der Waals surface area (Å²) in [4.78, 5) is 0. The fourth-order valence-corrected chi connectivity index (χ4v) is 1.51. The molecule has 2 heterocycles. The van der Waals surface area contributed by atoms with E-state index in [1.807, 2.05) is 13.2 Å². The molecule has 3 N–H and O–H groups in total. The Morgan fingerprint density at radius 1 is 1.50 bits per heavy atom. The highest BCUT2D eigenvalue weighted by molar-refractivity contribution is 7.98. The molecule has 0 aliphatic carbocycles. The molecule has 0 saturated heterocycles. The molecule has 0 unspecified atom stereocenters. The van der Waals surface area contributed by atoms with Gasteiger partial charge in [0.15, 0.2) is 0 Å². The van der Waals surface area contributed by atoms with Crippen LogP contribution in [0.25, 0.3) is 5.65 Å². The van der Waals surface area contributed by atoms with Gasteiger partial charge in [-0.15, -0.1) is 10.2 Å². The monoisotopic (exact) mass is 183 g/mol. The zero-order valence-electron chi connectivity index (χ0n) is 6.83. The third-order valence-corrected chi connectivity index (χ3v) is 2.37. The first-order chi connectivity index (χ1) is 5.74. The third-order valence-electron chi connectivity index (χ3n) is 1.74. The Labute approximate surface area is 73.3 Å². The molecule has 0 atom stereocenters. The van der Waals surface area contributed by atoms with Crippen molar-refractivity contribution in [3.8, 4) is 0 Å². The topological polar surface area (TPSA) is 72.0 Å². The second-order valence-corrected chi connectivity index (χ2v) is 3.27. The Bertz CT molecular complexity index is 415. The Morgan fingerprint density at radius 2 is 2.25 bits per heavy atom. The van der Waals surface area contributed by atoms with Gasteiger partial charge in [-0.2, -0.15) is 0 Å². The Hall–Kier alpha value is -1.17. The third kappa shape index (κ3) is 0.811. The lowest BCUT2D eigenvalue weighted by Gasteiger charge is -1.88. The summed E-state index contributed by atoms with van der Waals surface area (Å²) in [5.41, 5.74) is 8.04. The summed E-state index contributed by atoms with van der Waals surface area (Å²) in [6, 6.07) is 0. The first kappa shape index (κ1) is 7.48. The van der Waals surface area contributed by atoms with Gasteiger partial charge in [-0.05, 0) is 13.2 Å². The van der Waals surface area contributed by atoms with Crippen molar-refractivity contribution in [2.24, 2.45) is 0 Å². The smallest absolute Gasteiger partial charge is 0.210 e. The maximum Gasteiger partial charge on any atom is 0.210 e. The summed E-state index contributed by atoms with van der Waals surface area (Å²) in [5.74, 6) is 0. The molecule has 0 spiro atoms. The summed E-state index contributed by atoms with van der Waals surface area (Å²) in [7, 11) is 0. The van der Waals surface area contributed by atoms with Crippen molar-refractivity contribution in [3.05, 3.63) is 5.69 Å². The van der Waals surface area contributed by atoms with Crippen molar-refractivity contribution in [1.29, 1.82) is 0 Å². The number of nitrogens with two attached hydrogens (primary N) is 1. The van der Waals surface area contributed by atoms with E-state index in [-0.39, 0.29) is 0 Å². The lowest BCUT2D eigenvalue weighted by Crippen LogP contribution is -1.87. The van der Waals surface area contributed by atoms with Crippen LogP contribution in [0.2, 0.25) is 0 Å². The zero-order valence-corrected chi connectivity index (χ0v) is 7.64. The molecule has 0 aliphatic heterocycles. The average Bonchev–Trinajstić information content (AvgIpc) is 2.55. The minimum atomic E-state index is 0.669. The minimum Gasteiger partial charge on any atom is -0.394 e. The lowest BCUT2D eigenvalue weighted by molar-refractivity contribution is 0.811. The number of nitrogen functional groups attached to an aromatic ring is 1. The normalized spacial score (nSPS) is 11.2. The van der Waals surface area contributed by atoms with E-state index in [4.69, 9.17) is 5.73 Å². The summed E-state index contributed by atoms with van der Waals surface area (Å²) in [5, 5.41) is 11.8. The molecule has 0 aliphatic rings. The van der Waals surface area contributed by atoms with Crippen LogP contribution in [-0.4, -0.2) is 26.1 Å². The van der Waals surface area contributed by atoms with E-state index in [9.17, 15) is 0 Å². The molecule has 0 aromatic carbocycles. The number of thioether (sulfide) groups is 1. The quantitative estimate of drug-likeness (QED) is 0.637. The first-order valence-corrected chi connectivity index (χ1v) is 4.69. The van der Waals surface area contributed by atoms with Crippen molar-refractivity contribution in [1.82, 2.24) is 19.8 Å². The van der Waals surface area contributed by atoms with Gasteiger partial charge in [0.1, 0.15) is 0 Å². The number of aromatic nitrogens is 4. The molecule has 5 nitrogen and oxygen atoms in total. The summed E-state index contributed by atoms with van der Waals surface area (Å²) in [6.45, 7) is 1.91. The highest BCUT2D eigenvalue weighted by Gasteiger charge is 2.10. The van der Waals surface area contributed by atoms with Gasteiger partial charge in [0.25, 0.3) is 0 Å². The van der Waals surface area contributed by atoms with Crippen LogP contribution >= 0.6 is 11.8 Å². The number of hydrogen-bond donors (Lipinski definition) is 2. The summed E-state index contributed by atoms with van der Waals surface area (Å²) < 4.78 is 1.79. The maximum absolute atomic E-state index is 5.74. The number of nitrogens with one attached hydrogen (secondary N) is 1. The number of nitrogens with zero attached hydrogens (tertiary/aromatic N) is 3. The van der Waals surface area contributed by atoms with Gasteiger partial charge in [0, 0.05) is 0 Å². The Balaban J connectivity index is 2.79. The molecular formula is C6H9N5S. The van der Waals surface area contributed by atoms with Crippen LogP contribution in [0.3, 0.4) is 0 Å². The van der Waals surface area contributed by atoms with Crippen LogP contribution in [0.1, 0.15) is 5.69 Å². The molecule has 0 radical (unpaired) electrons. The van der Waals surface area contributed by atoms with Gasteiger partial charge < -0.3 is 5.73 Å². The number of aromatic amines is 1. The average molecular weight is 183 g/mol. The molecule has 6 heteroatoms. The number of anilines is 1. The Morgan fingerprint density at radius 3 is 2.92 bits per heavy atom. The number of fused-ring (bicyclic) bond motifs is 1. The highest BCUT2D eigenvalue weighted by Crippen LogP contribution is 2.19. The van der Waals surface area contributed by atoms with E-state index in [0.29, 0.717) is 11.3 Å². The van der Waals surface area contributed by atoms with Crippen LogP contribution in [0.4, 0.5) is 5.69 Å². The molecule has 12 heavy (non-hydrogen) atoms. The van der Waals surface area contributed by atoms with Gasteiger partial charge in [0.05, 0.1) is 11.4 Å². The van der Waals surface area contributed by atoms with E-state index in [0.717, 1.165) is 10.9 Å². The van der Waals surface area contributed by atoms with Gasteiger partial charge in [-0.3, -0.25) is 5.10 Å². The number of hydrogen-bond acceptors (Lipinski definition) is 4. The minimum absolute atomic E-state index is 0.669. The molecule has 64 valence electrons. The van der Waals surface area contributed by atoms with Crippen LogP contribution in [0.5, 0.6) is 0 Å². The number of rotatable bonds is 1. The number of H-pyrrole nitrogens is 1. The predicted molar refractivity (Wildman–Crippen MR) is 48.3 cm³/mol. The number of aryl methyl sites for hydroxylation is 1. The second-order valence-electron chi connectivity index (χ2n) is 2.50. The van der Waals surface area contributed by atoms with Gasteiger partial charge in [-0.1, -0.05) is 11.8 Å². The van der Waals surface area contributed by atoms with Crippen molar-refractivity contribution >= 4 is 23.1 Å². The lowest BCUT2D eigenvalue weighted by atomic mass is 10.4. The van der Waals surface area contributed by atoms with Crippen molar-refractivity contribution in [2.45, 2.75) is 12.1 Å². The van der Waals surface area contributed by atoms with E-state index in [1.165, 1.54) is 11.8 Å². The molecular weight excluding hydrogens is 174 g/mol. The van der Waals surface area contributed by atoms with E-state index < -0.39 is 0 Å². The van der Waals surface area contributed by atoms with Crippen molar-refractivity contribution < 1.29 is 0 Å². The van der Waals surface area contributed by atoms with Gasteiger partial charge >= 0.3 is 0 Å². The molecule has 0 bridgehead atoms. The van der Waals surface area contributed by atoms with E-state index in [2.05, 4.69) is 15.3 Å². The maximum atomic E-state index is 5.74. The standard InChI is InChI=1S/C6H9N5S/c1-3-4(7)5-8-9-6(12-2)11(5)10-3/h10H,7H2,1-2H3. The fourth-order valence-electron chi connectivity index (χ4n) is 1.07. The second kappa shape index (κ2) is 2.41. The van der Waals surface area contributed by atoms with Crippen LogP contribution in [-0.2, 0) is 0 Å². The first-order valence-electron chi connectivity index (χ1n) is 3.47. The Kier molecular flexibility index (Phi) is 1.50. The van der Waals surface area contributed by atoms with Gasteiger partial charge in [-0.25, -0.2) is 4.52 Å². The van der Waals surface area contributed by atoms with E-state index >= 15 is 0 Å².